The Labute approximate surface area is 214 Å². The van der Waals surface area contributed by atoms with Gasteiger partial charge >= 0.3 is 0 Å². The van der Waals surface area contributed by atoms with Gasteiger partial charge in [0.1, 0.15) is 5.82 Å². The maximum Gasteiger partial charge on any atom is 0.254 e. The lowest BCUT2D eigenvalue weighted by Gasteiger charge is -2.36. The van der Waals surface area contributed by atoms with Crippen molar-refractivity contribution >= 4 is 23.3 Å². The van der Waals surface area contributed by atoms with Crippen LogP contribution < -0.4 is 4.90 Å². The molecule has 7 heteroatoms. The summed E-state index contributed by atoms with van der Waals surface area (Å²) in [5.74, 6) is 1.42. The normalized spacial score (nSPS) is 14.5. The van der Waals surface area contributed by atoms with Crippen molar-refractivity contribution in [3.63, 3.8) is 0 Å². The molecule has 0 spiro atoms. The molecule has 0 atom stereocenters. The number of carbonyl (C=O) groups excluding carboxylic acids is 1. The Morgan fingerprint density at radius 2 is 1.77 bits per heavy atom. The molecule has 1 aliphatic rings. The number of carbonyl (C=O) groups is 1. The first-order valence-electron chi connectivity index (χ1n) is 12.5. The largest absolute Gasteiger partial charge is 0.354 e. The van der Waals surface area contributed by atoms with Crippen molar-refractivity contribution < 1.29 is 4.79 Å². The maximum absolute atomic E-state index is 13.6. The highest BCUT2D eigenvalue weighted by atomic mass is 35.5. The van der Waals surface area contributed by atoms with Crippen molar-refractivity contribution in [2.24, 2.45) is 5.92 Å². The number of likely N-dealkylation sites (N-methyl/N-ethyl adjacent to an activating group) is 1. The lowest BCUT2D eigenvalue weighted by atomic mass is 10.1. The van der Waals surface area contributed by atoms with Crippen molar-refractivity contribution in [2.75, 3.05) is 44.2 Å². The van der Waals surface area contributed by atoms with Crippen molar-refractivity contribution in [1.29, 1.82) is 0 Å². The molecule has 1 fully saturated rings. The van der Waals surface area contributed by atoms with E-state index >= 15 is 0 Å². The van der Waals surface area contributed by atoms with Crippen LogP contribution in [-0.2, 0) is 6.54 Å². The fourth-order valence-corrected chi connectivity index (χ4v) is 4.93. The van der Waals surface area contributed by atoms with Crippen molar-refractivity contribution in [3.05, 3.63) is 76.4 Å². The molecule has 0 unspecified atom stereocenters. The number of piperazine rings is 1. The summed E-state index contributed by atoms with van der Waals surface area (Å²) in [4.78, 5) is 20.5. The number of nitrogens with zero attached hydrogens (tertiary/aromatic N) is 5. The van der Waals surface area contributed by atoms with Crippen LogP contribution in [0.2, 0.25) is 5.02 Å². The summed E-state index contributed by atoms with van der Waals surface area (Å²) in [7, 11) is 0. The molecule has 0 radical (unpaired) electrons. The molecule has 0 N–H and O–H groups in total. The average Bonchev–Trinajstić information content (AvgIpc) is 3.19. The molecular formula is C28H36ClN5O. The van der Waals surface area contributed by atoms with Crippen LogP contribution in [-0.4, -0.2) is 64.8 Å². The van der Waals surface area contributed by atoms with Crippen LogP contribution in [0.4, 0.5) is 5.82 Å². The van der Waals surface area contributed by atoms with E-state index in [1.165, 1.54) is 0 Å². The summed E-state index contributed by atoms with van der Waals surface area (Å²) in [5, 5.41) is 5.55. The summed E-state index contributed by atoms with van der Waals surface area (Å²) in [6.45, 7) is 14.7. The Morgan fingerprint density at radius 1 is 1.06 bits per heavy atom. The number of rotatable bonds is 8. The van der Waals surface area contributed by atoms with Crippen LogP contribution in [0.3, 0.4) is 0 Å². The van der Waals surface area contributed by atoms with Gasteiger partial charge in [-0.1, -0.05) is 56.6 Å². The number of halogens is 1. The standard InChI is InChI=1S/C28H36ClN5O/c1-5-31-14-16-32(17-15-31)27-26(22(4)30-34(27)25-12-7-6-8-13-25)20-33(19-21(2)3)28(35)23-10-9-11-24(29)18-23/h6-13,18,21H,5,14-17,19-20H2,1-4H3. The van der Waals surface area contributed by atoms with E-state index in [-0.39, 0.29) is 5.91 Å². The van der Waals surface area contributed by atoms with Crippen LogP contribution in [0.15, 0.2) is 54.6 Å². The van der Waals surface area contributed by atoms with E-state index in [1.54, 1.807) is 12.1 Å². The average molecular weight is 494 g/mol. The van der Waals surface area contributed by atoms with Crippen LogP contribution in [0.5, 0.6) is 0 Å². The second-order valence-corrected chi connectivity index (χ2v) is 10.1. The molecule has 1 aliphatic heterocycles. The minimum atomic E-state index is -0.00480. The van der Waals surface area contributed by atoms with E-state index in [4.69, 9.17) is 16.7 Å². The van der Waals surface area contributed by atoms with Gasteiger partial charge in [0.25, 0.3) is 5.91 Å². The predicted octanol–water partition coefficient (Wildman–Crippen LogP) is 5.27. The highest BCUT2D eigenvalue weighted by Crippen LogP contribution is 2.30. The topological polar surface area (TPSA) is 44.6 Å². The molecule has 1 aromatic heterocycles. The smallest absolute Gasteiger partial charge is 0.254 e. The number of anilines is 1. The van der Waals surface area contributed by atoms with Gasteiger partial charge in [-0.05, 0) is 49.7 Å². The predicted molar refractivity (Wildman–Crippen MR) is 144 cm³/mol. The molecular weight excluding hydrogens is 458 g/mol. The third kappa shape index (κ3) is 5.88. The second-order valence-electron chi connectivity index (χ2n) is 9.65. The highest BCUT2D eigenvalue weighted by molar-refractivity contribution is 6.30. The molecule has 4 rings (SSSR count). The van der Waals surface area contributed by atoms with Crippen LogP contribution in [0.25, 0.3) is 5.69 Å². The zero-order valence-electron chi connectivity index (χ0n) is 21.2. The van der Waals surface area contributed by atoms with Gasteiger partial charge in [-0.3, -0.25) is 4.79 Å². The summed E-state index contributed by atoms with van der Waals surface area (Å²) in [6.07, 6.45) is 0. The van der Waals surface area contributed by atoms with Crippen LogP contribution in [0.1, 0.15) is 42.4 Å². The fraction of sp³-hybridized carbons (Fsp3) is 0.429. The van der Waals surface area contributed by atoms with Crippen LogP contribution in [0, 0.1) is 12.8 Å². The van der Waals surface area contributed by atoms with E-state index in [9.17, 15) is 4.79 Å². The number of hydrogen-bond acceptors (Lipinski definition) is 4. The number of amides is 1. The maximum atomic E-state index is 13.6. The molecule has 1 saturated heterocycles. The Bertz CT molecular complexity index is 1140. The number of hydrogen-bond donors (Lipinski definition) is 0. The molecule has 186 valence electrons. The summed E-state index contributed by atoms with van der Waals surface area (Å²) < 4.78 is 2.06. The molecule has 0 aliphatic carbocycles. The summed E-state index contributed by atoms with van der Waals surface area (Å²) in [5.41, 5.74) is 3.71. The van der Waals surface area contributed by atoms with Gasteiger partial charge in [0.05, 0.1) is 17.9 Å². The van der Waals surface area contributed by atoms with E-state index in [2.05, 4.69) is 54.3 Å². The van der Waals surface area contributed by atoms with Crippen molar-refractivity contribution in [3.8, 4) is 5.69 Å². The van der Waals surface area contributed by atoms with Gasteiger partial charge in [0.2, 0.25) is 0 Å². The Hall–Kier alpha value is -2.83. The highest BCUT2D eigenvalue weighted by Gasteiger charge is 2.28. The number of aromatic nitrogens is 2. The number of aryl methyl sites for hydroxylation is 1. The third-order valence-corrected chi connectivity index (χ3v) is 6.81. The minimum absolute atomic E-state index is 0.00480. The first kappa shape index (κ1) is 25.3. The molecule has 2 heterocycles. The molecule has 1 amide bonds. The minimum Gasteiger partial charge on any atom is -0.354 e. The van der Waals surface area contributed by atoms with Crippen LogP contribution >= 0.6 is 11.6 Å². The van der Waals surface area contributed by atoms with Gasteiger partial charge in [0, 0.05) is 48.9 Å². The molecule has 35 heavy (non-hydrogen) atoms. The SMILES string of the molecule is CCN1CCN(c2c(CN(CC(C)C)C(=O)c3cccc(Cl)c3)c(C)nn2-c2ccccc2)CC1. The molecule has 3 aromatic rings. The lowest BCUT2D eigenvalue weighted by molar-refractivity contribution is 0.0722. The van der Waals surface area contributed by atoms with E-state index in [1.807, 2.05) is 35.2 Å². The molecule has 6 nitrogen and oxygen atoms in total. The quantitative estimate of drug-likeness (QED) is 0.428. The lowest BCUT2D eigenvalue weighted by Crippen LogP contribution is -2.47. The zero-order chi connectivity index (χ0) is 24.9. The van der Waals surface area contributed by atoms with Gasteiger partial charge in [-0.15, -0.1) is 0 Å². The Kier molecular flexibility index (Phi) is 8.14. The first-order valence-corrected chi connectivity index (χ1v) is 12.9. The van der Waals surface area contributed by atoms with Gasteiger partial charge in [-0.2, -0.15) is 5.10 Å². The summed E-state index contributed by atoms with van der Waals surface area (Å²) >= 11 is 6.21. The number of para-hydroxylation sites is 1. The second kappa shape index (κ2) is 11.3. The Morgan fingerprint density at radius 3 is 2.40 bits per heavy atom. The van der Waals surface area contributed by atoms with Gasteiger partial charge in [-0.25, -0.2) is 4.68 Å². The van der Waals surface area contributed by atoms with Gasteiger partial charge in [0.15, 0.2) is 0 Å². The van der Waals surface area contributed by atoms with E-state index in [0.29, 0.717) is 29.6 Å². The summed E-state index contributed by atoms with van der Waals surface area (Å²) in [6, 6.07) is 17.5. The van der Waals surface area contributed by atoms with E-state index in [0.717, 1.165) is 55.5 Å². The zero-order valence-corrected chi connectivity index (χ0v) is 22.0. The Balaban J connectivity index is 1.74. The van der Waals surface area contributed by atoms with Crippen molar-refractivity contribution in [2.45, 2.75) is 34.2 Å². The van der Waals surface area contributed by atoms with Gasteiger partial charge < -0.3 is 14.7 Å². The monoisotopic (exact) mass is 493 g/mol. The fourth-order valence-electron chi connectivity index (χ4n) is 4.74. The molecule has 2 aromatic carbocycles. The van der Waals surface area contributed by atoms with Crippen molar-refractivity contribution in [1.82, 2.24) is 19.6 Å². The third-order valence-electron chi connectivity index (χ3n) is 6.57. The molecule has 0 bridgehead atoms. The molecule has 0 saturated carbocycles. The number of benzene rings is 2. The first-order chi connectivity index (χ1) is 16.9. The van der Waals surface area contributed by atoms with E-state index < -0.39 is 0 Å².